The van der Waals surface area contributed by atoms with Crippen molar-refractivity contribution >= 4 is 23.1 Å². The van der Waals surface area contributed by atoms with Gasteiger partial charge in [0.25, 0.3) is 0 Å². The van der Waals surface area contributed by atoms with Crippen molar-refractivity contribution in [2.24, 2.45) is 0 Å². The number of nitriles is 1. The summed E-state index contributed by atoms with van der Waals surface area (Å²) < 4.78 is 5.42. The van der Waals surface area contributed by atoms with E-state index in [9.17, 15) is 0 Å². The van der Waals surface area contributed by atoms with Crippen molar-refractivity contribution in [2.45, 2.75) is 6.92 Å². The summed E-state index contributed by atoms with van der Waals surface area (Å²) in [6.07, 6.45) is 1.53. The highest BCUT2D eigenvalue weighted by Gasteiger charge is 2.05. The lowest BCUT2D eigenvalue weighted by Gasteiger charge is -2.09. The van der Waals surface area contributed by atoms with Crippen LogP contribution < -0.4 is 15.4 Å². The molecule has 2 N–H and O–H groups in total. The molecular formula is C18H16N6O. The van der Waals surface area contributed by atoms with Crippen LogP contribution in [0.4, 0.5) is 23.1 Å². The van der Waals surface area contributed by atoms with Gasteiger partial charge in [0.2, 0.25) is 5.95 Å². The predicted molar refractivity (Wildman–Crippen MR) is 95.2 cm³/mol. The molecule has 0 aliphatic heterocycles. The zero-order chi connectivity index (χ0) is 17.5. The first-order valence-corrected chi connectivity index (χ1v) is 7.74. The molecule has 1 heterocycles. The van der Waals surface area contributed by atoms with E-state index in [0.717, 1.165) is 11.4 Å². The Kier molecular flexibility index (Phi) is 5.02. The first-order valence-electron chi connectivity index (χ1n) is 7.74. The Bertz CT molecular complexity index is 889. The van der Waals surface area contributed by atoms with Crippen molar-refractivity contribution in [3.8, 4) is 11.8 Å². The third-order valence-electron chi connectivity index (χ3n) is 3.29. The molecule has 0 aliphatic rings. The van der Waals surface area contributed by atoms with Crippen LogP contribution in [0.2, 0.25) is 0 Å². The second-order valence-corrected chi connectivity index (χ2v) is 5.03. The summed E-state index contributed by atoms with van der Waals surface area (Å²) in [7, 11) is 0. The maximum atomic E-state index is 9.14. The van der Waals surface area contributed by atoms with Crippen LogP contribution in [0.3, 0.4) is 0 Å². The van der Waals surface area contributed by atoms with E-state index in [1.54, 1.807) is 18.2 Å². The second-order valence-electron chi connectivity index (χ2n) is 5.03. The third kappa shape index (κ3) is 4.20. The zero-order valence-corrected chi connectivity index (χ0v) is 13.6. The molecule has 0 saturated carbocycles. The highest BCUT2D eigenvalue weighted by molar-refractivity contribution is 5.64. The van der Waals surface area contributed by atoms with Crippen LogP contribution in [0.25, 0.3) is 0 Å². The number of hydrogen-bond donors (Lipinski definition) is 2. The molecule has 0 amide bonds. The van der Waals surface area contributed by atoms with Gasteiger partial charge in [-0.15, -0.1) is 5.10 Å². The molecule has 0 unspecified atom stereocenters. The van der Waals surface area contributed by atoms with Crippen LogP contribution in [-0.4, -0.2) is 21.8 Å². The number of benzene rings is 2. The van der Waals surface area contributed by atoms with Crippen molar-refractivity contribution in [3.05, 3.63) is 60.3 Å². The topological polar surface area (TPSA) is 95.8 Å². The second kappa shape index (κ2) is 7.75. The molecule has 0 spiro atoms. The van der Waals surface area contributed by atoms with Crippen LogP contribution in [0.15, 0.2) is 54.7 Å². The third-order valence-corrected chi connectivity index (χ3v) is 3.29. The van der Waals surface area contributed by atoms with Crippen LogP contribution >= 0.6 is 0 Å². The van der Waals surface area contributed by atoms with Crippen LogP contribution in [-0.2, 0) is 0 Å². The lowest BCUT2D eigenvalue weighted by molar-refractivity contribution is 0.340. The molecule has 0 aliphatic carbocycles. The average molecular weight is 332 g/mol. The van der Waals surface area contributed by atoms with Crippen molar-refractivity contribution in [2.75, 3.05) is 17.2 Å². The van der Waals surface area contributed by atoms with E-state index in [-0.39, 0.29) is 0 Å². The fourth-order valence-electron chi connectivity index (χ4n) is 2.18. The van der Waals surface area contributed by atoms with E-state index in [2.05, 4.69) is 31.9 Å². The van der Waals surface area contributed by atoms with Crippen molar-refractivity contribution in [1.82, 2.24) is 15.2 Å². The van der Waals surface area contributed by atoms with Gasteiger partial charge in [-0.25, -0.2) is 0 Å². The minimum Gasteiger partial charge on any atom is -0.494 e. The highest BCUT2D eigenvalue weighted by Crippen LogP contribution is 2.21. The molecular weight excluding hydrogens is 316 g/mol. The largest absolute Gasteiger partial charge is 0.494 e. The van der Waals surface area contributed by atoms with E-state index < -0.39 is 0 Å². The normalized spacial score (nSPS) is 9.92. The molecule has 25 heavy (non-hydrogen) atoms. The monoisotopic (exact) mass is 332 g/mol. The molecule has 2 aromatic carbocycles. The van der Waals surface area contributed by atoms with Gasteiger partial charge in [-0.1, -0.05) is 12.1 Å². The minimum absolute atomic E-state index is 0.304. The predicted octanol–water partition coefficient (Wildman–Crippen LogP) is 3.63. The molecule has 0 fully saturated rings. The van der Waals surface area contributed by atoms with E-state index in [1.807, 2.05) is 37.3 Å². The molecule has 7 heteroatoms. The standard InChI is InChI=1S/C18H16N6O/c1-2-25-15-9-7-14(8-10-15)21-17-12-20-24-18(23-17)22-16-6-4-3-5-13(16)11-19/h3-10,12H,2H2,1H3,(H2,21,22,23,24). The van der Waals surface area contributed by atoms with E-state index >= 15 is 0 Å². The maximum absolute atomic E-state index is 9.14. The average Bonchev–Trinajstić information content (AvgIpc) is 2.64. The first kappa shape index (κ1) is 16.2. The van der Waals surface area contributed by atoms with E-state index in [1.165, 1.54) is 6.20 Å². The molecule has 0 atom stereocenters. The van der Waals surface area contributed by atoms with Crippen molar-refractivity contribution in [1.29, 1.82) is 5.26 Å². The Morgan fingerprint density at radius 3 is 2.64 bits per heavy atom. The fraction of sp³-hybridized carbons (Fsp3) is 0.111. The van der Waals surface area contributed by atoms with Gasteiger partial charge in [0, 0.05) is 5.69 Å². The van der Waals surface area contributed by atoms with Crippen molar-refractivity contribution < 1.29 is 4.74 Å². The van der Waals surface area contributed by atoms with Crippen LogP contribution in [0, 0.1) is 11.3 Å². The van der Waals surface area contributed by atoms with Crippen molar-refractivity contribution in [3.63, 3.8) is 0 Å². The smallest absolute Gasteiger partial charge is 0.249 e. The fourth-order valence-corrected chi connectivity index (χ4v) is 2.18. The summed E-state index contributed by atoms with van der Waals surface area (Å²) >= 11 is 0. The van der Waals surface area contributed by atoms with Gasteiger partial charge in [0.1, 0.15) is 11.8 Å². The number of nitrogens with one attached hydrogen (secondary N) is 2. The Hall–Kier alpha value is -3.66. The molecule has 3 rings (SSSR count). The zero-order valence-electron chi connectivity index (χ0n) is 13.6. The van der Waals surface area contributed by atoms with Crippen LogP contribution in [0.5, 0.6) is 5.75 Å². The van der Waals surface area contributed by atoms with Gasteiger partial charge >= 0.3 is 0 Å². The number of aromatic nitrogens is 3. The summed E-state index contributed by atoms with van der Waals surface area (Å²) in [4.78, 5) is 4.36. The molecule has 3 aromatic rings. The van der Waals surface area contributed by atoms with Gasteiger partial charge in [-0.2, -0.15) is 15.3 Å². The number of anilines is 4. The summed E-state index contributed by atoms with van der Waals surface area (Å²) in [5.74, 6) is 1.65. The number of hydrogen-bond acceptors (Lipinski definition) is 7. The minimum atomic E-state index is 0.304. The molecule has 0 saturated heterocycles. The Balaban J connectivity index is 1.74. The summed E-state index contributed by atoms with van der Waals surface area (Å²) in [5.41, 5.74) is 1.99. The highest BCUT2D eigenvalue weighted by atomic mass is 16.5. The quantitative estimate of drug-likeness (QED) is 0.711. The number of rotatable bonds is 6. The molecule has 0 radical (unpaired) electrons. The van der Waals surface area contributed by atoms with Gasteiger partial charge in [0.15, 0.2) is 5.82 Å². The van der Waals surface area contributed by atoms with Gasteiger partial charge in [0.05, 0.1) is 24.1 Å². The molecule has 0 bridgehead atoms. The maximum Gasteiger partial charge on any atom is 0.249 e. The van der Waals surface area contributed by atoms with Gasteiger partial charge in [-0.05, 0) is 43.3 Å². The summed E-state index contributed by atoms with van der Waals surface area (Å²) in [6, 6.07) is 16.8. The van der Waals surface area contributed by atoms with E-state index in [4.69, 9.17) is 10.00 Å². The number of ether oxygens (including phenoxy) is 1. The Morgan fingerprint density at radius 1 is 1.08 bits per heavy atom. The lowest BCUT2D eigenvalue weighted by Crippen LogP contribution is -2.03. The Morgan fingerprint density at radius 2 is 1.88 bits per heavy atom. The summed E-state index contributed by atoms with van der Waals surface area (Å²) in [5, 5.41) is 23.2. The molecule has 1 aromatic heterocycles. The number of para-hydroxylation sites is 1. The van der Waals surface area contributed by atoms with Crippen LogP contribution in [0.1, 0.15) is 12.5 Å². The SMILES string of the molecule is CCOc1ccc(Nc2cnnc(Nc3ccccc3C#N)n2)cc1. The van der Waals surface area contributed by atoms with Gasteiger partial charge in [-0.3, -0.25) is 0 Å². The molecule has 124 valence electrons. The van der Waals surface area contributed by atoms with Gasteiger partial charge < -0.3 is 15.4 Å². The Labute approximate surface area is 145 Å². The molecule has 7 nitrogen and oxygen atoms in total. The first-order chi connectivity index (χ1) is 12.3. The lowest BCUT2D eigenvalue weighted by atomic mass is 10.2. The van der Waals surface area contributed by atoms with E-state index in [0.29, 0.717) is 29.6 Å². The summed E-state index contributed by atoms with van der Waals surface area (Å²) in [6.45, 7) is 2.57. The number of nitrogens with zero attached hydrogens (tertiary/aromatic N) is 4.